The van der Waals surface area contributed by atoms with Crippen molar-refractivity contribution in [3.05, 3.63) is 24.1 Å². The van der Waals surface area contributed by atoms with Gasteiger partial charge in [-0.2, -0.15) is 0 Å². The standard InChI is InChI=1S/C9H15NO.C2H6/c1-7(2)9-5-4-8(11-3)6-10-9;1-2/h4-7,9-10H,1-3H3;1-2H3. The number of hydrogen-bond donors (Lipinski definition) is 1. The third-order valence-electron chi connectivity index (χ3n) is 1.84. The lowest BCUT2D eigenvalue weighted by molar-refractivity contribution is 0.298. The molecule has 1 unspecified atom stereocenters. The molecule has 0 aromatic carbocycles. The van der Waals surface area contributed by atoms with Crippen LogP contribution in [0.2, 0.25) is 0 Å². The minimum Gasteiger partial charge on any atom is -0.495 e. The summed E-state index contributed by atoms with van der Waals surface area (Å²) in [4.78, 5) is 0. The van der Waals surface area contributed by atoms with Crippen LogP contribution in [0.3, 0.4) is 0 Å². The van der Waals surface area contributed by atoms with Crippen molar-refractivity contribution in [1.29, 1.82) is 0 Å². The van der Waals surface area contributed by atoms with E-state index in [1.165, 1.54) is 0 Å². The molecule has 0 fully saturated rings. The smallest absolute Gasteiger partial charge is 0.134 e. The van der Waals surface area contributed by atoms with E-state index in [1.807, 2.05) is 26.1 Å². The molecule has 13 heavy (non-hydrogen) atoms. The molecule has 0 aliphatic carbocycles. The van der Waals surface area contributed by atoms with Gasteiger partial charge in [0.15, 0.2) is 0 Å². The number of dihydropyridines is 1. The Hall–Kier alpha value is -0.920. The van der Waals surface area contributed by atoms with Crippen LogP contribution in [0.15, 0.2) is 24.1 Å². The van der Waals surface area contributed by atoms with E-state index in [0.29, 0.717) is 12.0 Å². The zero-order valence-electron chi connectivity index (χ0n) is 9.29. The summed E-state index contributed by atoms with van der Waals surface area (Å²) in [6.45, 7) is 8.38. The average Bonchev–Trinajstić information content (AvgIpc) is 2.21. The van der Waals surface area contributed by atoms with Crippen molar-refractivity contribution in [2.75, 3.05) is 7.11 Å². The Kier molecular flexibility index (Phi) is 6.11. The van der Waals surface area contributed by atoms with Crippen molar-refractivity contribution in [3.8, 4) is 0 Å². The molecule has 1 aliphatic rings. The molecule has 1 heterocycles. The number of methoxy groups -OCH3 is 1. The Labute approximate surface area is 81.7 Å². The van der Waals surface area contributed by atoms with Crippen molar-refractivity contribution in [1.82, 2.24) is 5.32 Å². The molecule has 76 valence electrons. The molecular formula is C11H21NO. The van der Waals surface area contributed by atoms with E-state index in [-0.39, 0.29) is 0 Å². The lowest BCUT2D eigenvalue weighted by Gasteiger charge is -2.21. The Morgan fingerprint density at radius 3 is 2.31 bits per heavy atom. The lowest BCUT2D eigenvalue weighted by atomic mass is 10.0. The second kappa shape index (κ2) is 6.58. The fourth-order valence-corrected chi connectivity index (χ4v) is 1.02. The van der Waals surface area contributed by atoms with Crippen LogP contribution in [-0.4, -0.2) is 13.2 Å². The van der Waals surface area contributed by atoms with Crippen LogP contribution in [0, 0.1) is 5.92 Å². The molecule has 2 nitrogen and oxygen atoms in total. The molecule has 0 saturated carbocycles. The topological polar surface area (TPSA) is 21.3 Å². The highest BCUT2D eigenvalue weighted by molar-refractivity contribution is 5.19. The minimum absolute atomic E-state index is 0.453. The molecule has 1 atom stereocenters. The number of hydrogen-bond acceptors (Lipinski definition) is 2. The molecule has 2 heteroatoms. The van der Waals surface area contributed by atoms with Gasteiger partial charge in [0.25, 0.3) is 0 Å². The third kappa shape index (κ3) is 4.02. The van der Waals surface area contributed by atoms with Crippen LogP contribution in [0.25, 0.3) is 0 Å². The molecule has 1 N–H and O–H groups in total. The average molecular weight is 183 g/mol. The Morgan fingerprint density at radius 2 is 2.00 bits per heavy atom. The molecular weight excluding hydrogens is 162 g/mol. The largest absolute Gasteiger partial charge is 0.495 e. The first-order valence-corrected chi connectivity index (χ1v) is 4.92. The van der Waals surface area contributed by atoms with Crippen LogP contribution in [0.1, 0.15) is 27.7 Å². The second-order valence-electron chi connectivity index (χ2n) is 3.05. The van der Waals surface area contributed by atoms with Gasteiger partial charge in [-0.15, -0.1) is 0 Å². The van der Waals surface area contributed by atoms with Gasteiger partial charge >= 0.3 is 0 Å². The number of nitrogens with one attached hydrogen (secondary N) is 1. The maximum absolute atomic E-state index is 5.03. The number of ether oxygens (including phenoxy) is 1. The summed E-state index contributed by atoms with van der Waals surface area (Å²) in [6, 6.07) is 0.453. The van der Waals surface area contributed by atoms with Gasteiger partial charge in [-0.1, -0.05) is 33.8 Å². The zero-order chi connectivity index (χ0) is 10.3. The lowest BCUT2D eigenvalue weighted by Crippen LogP contribution is -2.29. The molecule has 0 bridgehead atoms. The van der Waals surface area contributed by atoms with Crippen LogP contribution in [0.5, 0.6) is 0 Å². The fourth-order valence-electron chi connectivity index (χ4n) is 1.02. The highest BCUT2D eigenvalue weighted by Gasteiger charge is 2.10. The van der Waals surface area contributed by atoms with E-state index in [9.17, 15) is 0 Å². The number of allylic oxidation sites excluding steroid dienone is 1. The maximum atomic E-state index is 5.03. The second-order valence-corrected chi connectivity index (χ2v) is 3.05. The molecule has 0 spiro atoms. The summed E-state index contributed by atoms with van der Waals surface area (Å²) in [5.74, 6) is 1.52. The fraction of sp³-hybridized carbons (Fsp3) is 0.636. The summed E-state index contributed by atoms with van der Waals surface area (Å²) in [7, 11) is 1.67. The maximum Gasteiger partial charge on any atom is 0.134 e. The van der Waals surface area contributed by atoms with Gasteiger partial charge in [-0.3, -0.25) is 0 Å². The zero-order valence-corrected chi connectivity index (χ0v) is 9.29. The quantitative estimate of drug-likeness (QED) is 0.710. The van der Waals surface area contributed by atoms with Gasteiger partial charge in [0.05, 0.1) is 7.11 Å². The Bertz CT molecular complexity index is 183. The Morgan fingerprint density at radius 1 is 1.38 bits per heavy atom. The van der Waals surface area contributed by atoms with Crippen LogP contribution >= 0.6 is 0 Å². The predicted molar refractivity (Wildman–Crippen MR) is 57.3 cm³/mol. The normalized spacial score (nSPS) is 19.8. The first-order chi connectivity index (χ1) is 6.24. The van der Waals surface area contributed by atoms with Crippen LogP contribution < -0.4 is 5.32 Å². The molecule has 0 amide bonds. The first kappa shape index (κ1) is 12.1. The SMILES string of the molecule is CC.COC1=CNC(C(C)C)C=C1. The summed E-state index contributed by atoms with van der Waals surface area (Å²) >= 11 is 0. The van der Waals surface area contributed by atoms with Crippen molar-refractivity contribution in [2.24, 2.45) is 5.92 Å². The Balaban J connectivity index is 0.000000671. The highest BCUT2D eigenvalue weighted by atomic mass is 16.5. The predicted octanol–water partition coefficient (Wildman–Crippen LogP) is 2.68. The molecule has 0 aromatic heterocycles. The van der Waals surface area contributed by atoms with Gasteiger partial charge < -0.3 is 10.1 Å². The van der Waals surface area contributed by atoms with Gasteiger partial charge in [0, 0.05) is 12.2 Å². The monoisotopic (exact) mass is 183 g/mol. The summed E-state index contributed by atoms with van der Waals surface area (Å²) in [6.07, 6.45) is 6.04. The van der Waals surface area contributed by atoms with Crippen LogP contribution in [0.4, 0.5) is 0 Å². The van der Waals surface area contributed by atoms with Gasteiger partial charge in [-0.05, 0) is 12.0 Å². The molecule has 0 saturated heterocycles. The molecule has 1 aliphatic heterocycles. The van der Waals surface area contributed by atoms with Gasteiger partial charge in [0.1, 0.15) is 5.76 Å². The highest BCUT2D eigenvalue weighted by Crippen LogP contribution is 2.10. The van der Waals surface area contributed by atoms with E-state index in [0.717, 1.165) is 5.76 Å². The van der Waals surface area contributed by atoms with Crippen molar-refractivity contribution in [2.45, 2.75) is 33.7 Å². The third-order valence-corrected chi connectivity index (χ3v) is 1.84. The van der Waals surface area contributed by atoms with Crippen molar-refractivity contribution >= 4 is 0 Å². The van der Waals surface area contributed by atoms with Gasteiger partial charge in [-0.25, -0.2) is 0 Å². The van der Waals surface area contributed by atoms with Crippen LogP contribution in [-0.2, 0) is 4.74 Å². The molecule has 1 rings (SSSR count). The van der Waals surface area contributed by atoms with E-state index in [2.05, 4.69) is 25.2 Å². The van der Waals surface area contributed by atoms with E-state index in [4.69, 9.17) is 4.74 Å². The van der Waals surface area contributed by atoms with Crippen molar-refractivity contribution in [3.63, 3.8) is 0 Å². The van der Waals surface area contributed by atoms with Gasteiger partial charge in [0.2, 0.25) is 0 Å². The van der Waals surface area contributed by atoms with E-state index < -0.39 is 0 Å². The number of rotatable bonds is 2. The molecule has 0 radical (unpaired) electrons. The molecule has 0 aromatic rings. The summed E-state index contributed by atoms with van der Waals surface area (Å²) in [5.41, 5.74) is 0. The summed E-state index contributed by atoms with van der Waals surface area (Å²) in [5, 5.41) is 3.25. The minimum atomic E-state index is 0.453. The van der Waals surface area contributed by atoms with Crippen molar-refractivity contribution < 1.29 is 4.74 Å². The van der Waals surface area contributed by atoms with E-state index in [1.54, 1.807) is 7.11 Å². The first-order valence-electron chi connectivity index (χ1n) is 4.92. The summed E-state index contributed by atoms with van der Waals surface area (Å²) < 4.78 is 5.03. The van der Waals surface area contributed by atoms with E-state index >= 15 is 0 Å².